The number of benzene rings is 2. The molecule has 106 valence electrons. The lowest BCUT2D eigenvalue weighted by Gasteiger charge is -2.08. The van der Waals surface area contributed by atoms with Crippen LogP contribution in [0.15, 0.2) is 48.5 Å². The zero-order valence-corrected chi connectivity index (χ0v) is 10.6. The van der Waals surface area contributed by atoms with Gasteiger partial charge in [-0.25, -0.2) is 0 Å². The molecule has 0 unspecified atom stereocenters. The molecule has 2 rings (SSSR count). The molecule has 0 radical (unpaired) electrons. The Hall–Kier alpha value is -2.14. The molecule has 2 aromatic carbocycles. The molecule has 0 spiro atoms. The van der Waals surface area contributed by atoms with E-state index in [9.17, 15) is 8.78 Å². The molecule has 5 heteroatoms. The first-order chi connectivity index (χ1) is 9.67. The van der Waals surface area contributed by atoms with Crippen LogP contribution in [-0.4, -0.2) is 11.7 Å². The highest BCUT2D eigenvalue weighted by atomic mass is 19.3. The highest BCUT2D eigenvalue weighted by Crippen LogP contribution is 2.18. The summed E-state index contributed by atoms with van der Waals surface area (Å²) >= 11 is 0. The van der Waals surface area contributed by atoms with Crippen molar-refractivity contribution in [3.8, 4) is 11.5 Å². The molecule has 0 atom stereocenters. The molecule has 0 amide bonds. The molecule has 0 saturated carbocycles. The zero-order chi connectivity index (χ0) is 14.4. The molecule has 0 heterocycles. The third-order valence-corrected chi connectivity index (χ3v) is 2.64. The van der Waals surface area contributed by atoms with Crippen LogP contribution in [0.2, 0.25) is 0 Å². The summed E-state index contributed by atoms with van der Waals surface area (Å²) in [7, 11) is 0. The van der Waals surface area contributed by atoms with Crippen molar-refractivity contribution in [3.05, 3.63) is 59.7 Å². The molecule has 0 aliphatic rings. The number of aliphatic hydroxyl groups excluding tert-OH is 1. The third kappa shape index (κ3) is 4.20. The summed E-state index contributed by atoms with van der Waals surface area (Å²) < 4.78 is 33.8. The first-order valence-electron chi connectivity index (χ1n) is 6.04. The summed E-state index contributed by atoms with van der Waals surface area (Å²) in [4.78, 5) is 0. The fourth-order valence-corrected chi connectivity index (χ4v) is 1.67. The van der Waals surface area contributed by atoms with E-state index in [0.29, 0.717) is 12.4 Å². The van der Waals surface area contributed by atoms with Crippen LogP contribution in [0.4, 0.5) is 8.78 Å². The van der Waals surface area contributed by atoms with Gasteiger partial charge in [-0.1, -0.05) is 24.3 Å². The Morgan fingerprint density at radius 1 is 0.950 bits per heavy atom. The van der Waals surface area contributed by atoms with Crippen LogP contribution in [0.3, 0.4) is 0 Å². The molecule has 0 aliphatic heterocycles. The van der Waals surface area contributed by atoms with E-state index in [4.69, 9.17) is 9.84 Å². The van der Waals surface area contributed by atoms with Crippen LogP contribution in [0, 0.1) is 0 Å². The van der Waals surface area contributed by atoms with Crippen molar-refractivity contribution in [1.29, 1.82) is 0 Å². The van der Waals surface area contributed by atoms with Gasteiger partial charge in [-0.3, -0.25) is 0 Å². The van der Waals surface area contributed by atoms with E-state index in [1.165, 1.54) is 12.1 Å². The van der Waals surface area contributed by atoms with Crippen molar-refractivity contribution in [2.45, 2.75) is 19.8 Å². The number of aliphatic hydroxyl groups is 1. The second-order valence-electron chi connectivity index (χ2n) is 4.12. The Balaban J connectivity index is 1.93. The predicted octanol–water partition coefficient (Wildman–Crippen LogP) is 3.36. The summed E-state index contributed by atoms with van der Waals surface area (Å²) in [6.45, 7) is -2.56. The van der Waals surface area contributed by atoms with Crippen molar-refractivity contribution in [3.63, 3.8) is 0 Å². The van der Waals surface area contributed by atoms with Gasteiger partial charge in [0.2, 0.25) is 0 Å². The Morgan fingerprint density at radius 2 is 1.70 bits per heavy atom. The standard InChI is InChI=1S/C15H14F2O3/c16-15(17)20-13-6-4-11(5-7-13)10-19-14-3-1-2-12(8-14)9-18/h1-8,15,18H,9-10H2. The predicted molar refractivity (Wildman–Crippen MR) is 69.8 cm³/mol. The molecular weight excluding hydrogens is 266 g/mol. The zero-order valence-electron chi connectivity index (χ0n) is 10.6. The number of halogens is 2. The number of hydrogen-bond acceptors (Lipinski definition) is 3. The molecule has 1 N–H and O–H groups in total. The maximum absolute atomic E-state index is 12.0. The smallest absolute Gasteiger partial charge is 0.387 e. The minimum Gasteiger partial charge on any atom is -0.489 e. The molecule has 0 bridgehead atoms. The van der Waals surface area contributed by atoms with Crippen LogP contribution in [0.1, 0.15) is 11.1 Å². The normalized spacial score (nSPS) is 10.6. The number of hydrogen-bond donors (Lipinski definition) is 1. The Morgan fingerprint density at radius 3 is 2.35 bits per heavy atom. The van der Waals surface area contributed by atoms with E-state index in [1.54, 1.807) is 36.4 Å². The number of alkyl halides is 2. The summed E-state index contributed by atoms with van der Waals surface area (Å²) in [6.07, 6.45) is 0. The lowest BCUT2D eigenvalue weighted by molar-refractivity contribution is -0.0498. The van der Waals surface area contributed by atoms with Crippen molar-refractivity contribution in [1.82, 2.24) is 0 Å². The molecule has 0 aromatic heterocycles. The van der Waals surface area contributed by atoms with Crippen LogP contribution in [-0.2, 0) is 13.2 Å². The second kappa shape index (κ2) is 6.86. The highest BCUT2D eigenvalue weighted by Gasteiger charge is 2.04. The van der Waals surface area contributed by atoms with Gasteiger partial charge in [0.05, 0.1) is 6.61 Å². The molecule has 0 aliphatic carbocycles. The van der Waals surface area contributed by atoms with Crippen molar-refractivity contribution in [2.24, 2.45) is 0 Å². The molecule has 3 nitrogen and oxygen atoms in total. The Labute approximate surface area is 115 Å². The minimum absolute atomic E-state index is 0.0448. The number of rotatable bonds is 6. The van der Waals surface area contributed by atoms with Gasteiger partial charge >= 0.3 is 6.61 Å². The maximum Gasteiger partial charge on any atom is 0.387 e. The summed E-state index contributed by atoms with van der Waals surface area (Å²) in [5, 5.41) is 9.02. The monoisotopic (exact) mass is 280 g/mol. The topological polar surface area (TPSA) is 38.7 Å². The van der Waals surface area contributed by atoms with Gasteiger partial charge in [0.15, 0.2) is 0 Å². The van der Waals surface area contributed by atoms with Gasteiger partial charge in [0.25, 0.3) is 0 Å². The first-order valence-corrected chi connectivity index (χ1v) is 6.04. The van der Waals surface area contributed by atoms with Gasteiger partial charge in [-0.05, 0) is 35.4 Å². The van der Waals surface area contributed by atoms with E-state index in [2.05, 4.69) is 4.74 Å². The number of ether oxygens (including phenoxy) is 2. The van der Waals surface area contributed by atoms with E-state index in [-0.39, 0.29) is 12.4 Å². The Kier molecular flexibility index (Phi) is 4.90. The van der Waals surface area contributed by atoms with Crippen LogP contribution in [0.5, 0.6) is 11.5 Å². The average molecular weight is 280 g/mol. The largest absolute Gasteiger partial charge is 0.489 e. The maximum atomic E-state index is 12.0. The molecule has 0 saturated heterocycles. The lowest BCUT2D eigenvalue weighted by Crippen LogP contribution is -2.02. The molecular formula is C15H14F2O3. The lowest BCUT2D eigenvalue weighted by atomic mass is 10.2. The quantitative estimate of drug-likeness (QED) is 0.881. The van der Waals surface area contributed by atoms with Crippen molar-refractivity contribution < 1.29 is 23.4 Å². The van der Waals surface area contributed by atoms with E-state index < -0.39 is 6.61 Å². The summed E-state index contributed by atoms with van der Waals surface area (Å²) in [5.74, 6) is 0.760. The van der Waals surface area contributed by atoms with E-state index in [0.717, 1.165) is 11.1 Å². The van der Waals surface area contributed by atoms with Crippen LogP contribution in [0.25, 0.3) is 0 Å². The van der Waals surface area contributed by atoms with Gasteiger partial charge < -0.3 is 14.6 Å². The first kappa shape index (κ1) is 14.3. The van der Waals surface area contributed by atoms with Crippen LogP contribution < -0.4 is 9.47 Å². The van der Waals surface area contributed by atoms with Gasteiger partial charge in [-0.2, -0.15) is 8.78 Å². The van der Waals surface area contributed by atoms with Gasteiger partial charge in [0.1, 0.15) is 18.1 Å². The third-order valence-electron chi connectivity index (χ3n) is 2.64. The minimum atomic E-state index is -2.82. The van der Waals surface area contributed by atoms with E-state index >= 15 is 0 Å². The molecule has 20 heavy (non-hydrogen) atoms. The summed E-state index contributed by atoms with van der Waals surface area (Å²) in [6, 6.07) is 13.4. The SMILES string of the molecule is OCc1cccc(OCc2ccc(OC(F)F)cc2)c1. The van der Waals surface area contributed by atoms with E-state index in [1.807, 2.05) is 0 Å². The fourth-order valence-electron chi connectivity index (χ4n) is 1.67. The molecule has 0 fully saturated rings. The average Bonchev–Trinajstić information content (AvgIpc) is 2.46. The van der Waals surface area contributed by atoms with Gasteiger partial charge in [0, 0.05) is 0 Å². The van der Waals surface area contributed by atoms with Gasteiger partial charge in [-0.15, -0.1) is 0 Å². The van der Waals surface area contributed by atoms with Crippen LogP contribution >= 0.6 is 0 Å². The van der Waals surface area contributed by atoms with Crippen molar-refractivity contribution in [2.75, 3.05) is 0 Å². The second-order valence-corrected chi connectivity index (χ2v) is 4.12. The van der Waals surface area contributed by atoms with Crippen molar-refractivity contribution >= 4 is 0 Å². The Bertz CT molecular complexity index is 541. The molecule has 2 aromatic rings. The fraction of sp³-hybridized carbons (Fsp3) is 0.200. The highest BCUT2D eigenvalue weighted by molar-refractivity contribution is 5.30. The summed E-state index contributed by atoms with van der Waals surface area (Å²) in [5.41, 5.74) is 1.60.